The second-order valence-electron chi connectivity index (χ2n) is 4.30. The summed E-state index contributed by atoms with van der Waals surface area (Å²) < 4.78 is 60.7. The van der Waals surface area contributed by atoms with Crippen LogP contribution in [-0.2, 0) is 33.2 Å². The highest BCUT2D eigenvalue weighted by atomic mass is 32.2. The summed E-state index contributed by atoms with van der Waals surface area (Å²) in [5.74, 6) is 5.73. The average molecular weight is 364 g/mol. The van der Waals surface area contributed by atoms with Crippen LogP contribution in [0.15, 0.2) is 0 Å². The van der Waals surface area contributed by atoms with Crippen LogP contribution in [0.25, 0.3) is 0 Å². The maximum absolute atomic E-state index is 11.3. The lowest BCUT2D eigenvalue weighted by molar-refractivity contribution is 0.433. The summed E-state index contributed by atoms with van der Waals surface area (Å²) in [5.41, 5.74) is 0. The highest BCUT2D eigenvalue weighted by molar-refractivity contribution is 7.80. The Kier molecular flexibility index (Phi) is 10.2. The van der Waals surface area contributed by atoms with E-state index in [1.54, 1.807) is 0 Å². The maximum Gasteiger partial charge on any atom is 0.168 e. The zero-order chi connectivity index (χ0) is 17.3. The van der Waals surface area contributed by atoms with E-state index in [1.807, 2.05) is 0 Å². The van der Waals surface area contributed by atoms with Crippen molar-refractivity contribution in [1.82, 2.24) is 0 Å². The van der Waals surface area contributed by atoms with Crippen LogP contribution in [0.4, 0.5) is 0 Å². The molecule has 3 N–H and O–H groups in total. The molecule has 0 spiro atoms. The molecule has 7 unspecified atom stereocenters. The van der Waals surface area contributed by atoms with Gasteiger partial charge in [0, 0.05) is 0 Å². The van der Waals surface area contributed by atoms with Crippen LogP contribution in [0.5, 0.6) is 0 Å². The summed E-state index contributed by atoms with van der Waals surface area (Å²) in [6, 6.07) is 0. The van der Waals surface area contributed by atoms with E-state index < -0.39 is 54.9 Å². The standard InChI is InChI=1S/C13H16O6S3/c1-4-11(20(14)15)8-7-10(13(6-3)22(18)19)9-12(5-2)21(16)17/h1-3,10-13H,7-9H2,(H,14,15)(H,16,17)(H,18,19). The topological polar surface area (TPSA) is 112 Å². The monoisotopic (exact) mass is 364 g/mol. The Bertz CT molecular complexity index is 568. The lowest BCUT2D eigenvalue weighted by atomic mass is 9.93. The van der Waals surface area contributed by atoms with Crippen LogP contribution in [0.2, 0.25) is 0 Å². The fourth-order valence-corrected chi connectivity index (χ4v) is 3.52. The van der Waals surface area contributed by atoms with Gasteiger partial charge in [0.1, 0.15) is 15.7 Å². The predicted molar refractivity (Wildman–Crippen MR) is 87.5 cm³/mol. The minimum Gasteiger partial charge on any atom is -0.305 e. The largest absolute Gasteiger partial charge is 0.305 e. The molecule has 0 aromatic heterocycles. The fraction of sp³-hybridized carbons (Fsp3) is 0.538. The fourth-order valence-electron chi connectivity index (χ4n) is 1.84. The first-order chi connectivity index (χ1) is 10.3. The molecule has 0 aromatic carbocycles. The molecule has 0 aliphatic heterocycles. The maximum atomic E-state index is 11.3. The molecule has 0 aromatic rings. The molecule has 0 saturated carbocycles. The minimum absolute atomic E-state index is 0.0645. The predicted octanol–water partition coefficient (Wildman–Crippen LogP) is 0.443. The summed E-state index contributed by atoms with van der Waals surface area (Å²) in [6.45, 7) is 0. The molecule has 0 fully saturated rings. The second kappa shape index (κ2) is 10.7. The molecule has 0 bridgehead atoms. The van der Waals surface area contributed by atoms with E-state index in [4.69, 9.17) is 28.4 Å². The van der Waals surface area contributed by atoms with Gasteiger partial charge >= 0.3 is 0 Å². The zero-order valence-electron chi connectivity index (χ0n) is 11.5. The van der Waals surface area contributed by atoms with Gasteiger partial charge in [0.2, 0.25) is 0 Å². The lowest BCUT2D eigenvalue weighted by Gasteiger charge is -2.23. The van der Waals surface area contributed by atoms with Crippen LogP contribution < -0.4 is 0 Å². The first-order valence-corrected chi connectivity index (χ1v) is 9.46. The van der Waals surface area contributed by atoms with Gasteiger partial charge in [-0.15, -0.1) is 19.3 Å². The molecular formula is C13H16O6S3. The van der Waals surface area contributed by atoms with Gasteiger partial charge in [-0.2, -0.15) is 0 Å². The third kappa shape index (κ3) is 6.85. The van der Waals surface area contributed by atoms with Crippen molar-refractivity contribution < 1.29 is 26.3 Å². The van der Waals surface area contributed by atoms with Crippen molar-refractivity contribution in [3.05, 3.63) is 0 Å². The first kappa shape index (κ1) is 21.0. The SMILES string of the molecule is C#CC(CCC(CC(C#C)S(=O)O)C(C#C)S(=O)O)S(=O)O. The Morgan fingerprint density at radius 1 is 0.773 bits per heavy atom. The average Bonchev–Trinajstić information content (AvgIpc) is 2.43. The molecule has 9 heteroatoms. The highest BCUT2D eigenvalue weighted by Crippen LogP contribution is 2.24. The zero-order valence-corrected chi connectivity index (χ0v) is 13.9. The summed E-state index contributed by atoms with van der Waals surface area (Å²) in [6.07, 6.45) is 15.6. The molecule has 7 atom stereocenters. The van der Waals surface area contributed by atoms with Gasteiger partial charge in [-0.25, -0.2) is 12.6 Å². The Morgan fingerprint density at radius 2 is 1.27 bits per heavy atom. The molecule has 0 heterocycles. The second-order valence-corrected chi connectivity index (χ2v) is 7.60. The summed E-state index contributed by atoms with van der Waals surface area (Å²) >= 11 is -6.93. The third-order valence-electron chi connectivity index (χ3n) is 2.98. The minimum atomic E-state index is -2.37. The molecule has 0 saturated heterocycles. The quantitative estimate of drug-likeness (QED) is 0.404. The van der Waals surface area contributed by atoms with Crippen molar-refractivity contribution in [3.63, 3.8) is 0 Å². The molecule has 0 aliphatic rings. The number of hydrogen-bond acceptors (Lipinski definition) is 3. The highest BCUT2D eigenvalue weighted by Gasteiger charge is 2.30. The number of rotatable bonds is 9. The van der Waals surface area contributed by atoms with E-state index in [0.717, 1.165) is 0 Å². The van der Waals surface area contributed by atoms with Crippen LogP contribution in [-0.4, -0.2) is 42.0 Å². The smallest absolute Gasteiger partial charge is 0.168 e. The van der Waals surface area contributed by atoms with Gasteiger partial charge in [-0.05, 0) is 25.2 Å². The van der Waals surface area contributed by atoms with Crippen molar-refractivity contribution in [3.8, 4) is 37.0 Å². The molecule has 0 rings (SSSR count). The van der Waals surface area contributed by atoms with Crippen LogP contribution in [0.3, 0.4) is 0 Å². The van der Waals surface area contributed by atoms with Crippen LogP contribution >= 0.6 is 0 Å². The van der Waals surface area contributed by atoms with Gasteiger partial charge in [0.05, 0.1) is 0 Å². The van der Waals surface area contributed by atoms with Crippen molar-refractivity contribution in [1.29, 1.82) is 0 Å². The van der Waals surface area contributed by atoms with Gasteiger partial charge in [-0.3, -0.25) is 0 Å². The molecule has 0 amide bonds. The van der Waals surface area contributed by atoms with E-state index >= 15 is 0 Å². The molecule has 0 radical (unpaired) electrons. The van der Waals surface area contributed by atoms with Gasteiger partial charge < -0.3 is 13.7 Å². The van der Waals surface area contributed by atoms with E-state index in [1.165, 1.54) is 0 Å². The Hall–Kier alpha value is -0.990. The third-order valence-corrected chi connectivity index (χ3v) is 5.61. The van der Waals surface area contributed by atoms with E-state index in [9.17, 15) is 17.2 Å². The lowest BCUT2D eigenvalue weighted by Crippen LogP contribution is -2.30. The van der Waals surface area contributed by atoms with Crippen molar-refractivity contribution >= 4 is 33.2 Å². The molecular weight excluding hydrogens is 348 g/mol. The first-order valence-electron chi connectivity index (χ1n) is 5.95. The van der Waals surface area contributed by atoms with Gasteiger partial charge in [-0.1, -0.05) is 17.8 Å². The Balaban J connectivity index is 5.19. The van der Waals surface area contributed by atoms with Crippen molar-refractivity contribution in [2.45, 2.75) is 35.0 Å². The van der Waals surface area contributed by atoms with Gasteiger partial charge in [0.25, 0.3) is 0 Å². The van der Waals surface area contributed by atoms with Crippen LogP contribution in [0.1, 0.15) is 19.3 Å². The molecule has 22 heavy (non-hydrogen) atoms. The van der Waals surface area contributed by atoms with E-state index in [-0.39, 0.29) is 19.3 Å². The van der Waals surface area contributed by atoms with Gasteiger partial charge in [0.15, 0.2) is 33.2 Å². The molecule has 6 nitrogen and oxygen atoms in total. The molecule has 122 valence electrons. The van der Waals surface area contributed by atoms with E-state index in [0.29, 0.717) is 0 Å². The normalized spacial score (nSPS) is 20.2. The Morgan fingerprint density at radius 3 is 1.59 bits per heavy atom. The summed E-state index contributed by atoms with van der Waals surface area (Å²) in [5, 5.41) is -3.14. The van der Waals surface area contributed by atoms with E-state index in [2.05, 4.69) is 17.8 Å². The molecule has 0 aliphatic carbocycles. The van der Waals surface area contributed by atoms with Crippen molar-refractivity contribution in [2.24, 2.45) is 5.92 Å². The van der Waals surface area contributed by atoms with Crippen LogP contribution in [0, 0.1) is 42.9 Å². The summed E-state index contributed by atoms with van der Waals surface area (Å²) in [4.78, 5) is 0. The Labute approximate surface area is 137 Å². The number of terminal acetylenes is 3. The summed E-state index contributed by atoms with van der Waals surface area (Å²) in [7, 11) is 0. The van der Waals surface area contributed by atoms with Crippen molar-refractivity contribution in [2.75, 3.05) is 0 Å². The number of hydrogen-bond donors (Lipinski definition) is 3.